The number of benzene rings is 3. The van der Waals surface area contributed by atoms with Crippen LogP contribution in [0.3, 0.4) is 0 Å². The van der Waals surface area contributed by atoms with E-state index >= 15 is 0 Å². The smallest absolute Gasteiger partial charge is 0.328 e. The van der Waals surface area contributed by atoms with Crippen molar-refractivity contribution in [1.29, 1.82) is 0 Å². The van der Waals surface area contributed by atoms with Crippen molar-refractivity contribution in [2.24, 2.45) is 10.2 Å². The van der Waals surface area contributed by atoms with Crippen LogP contribution in [0.5, 0.6) is 0 Å². The molecular formula is C25H22N4O4S2. The quantitative estimate of drug-likeness (QED) is 0.216. The Hall–Kier alpha value is -4.02. The molecule has 3 aromatic carbocycles. The minimum atomic E-state index is -3.81. The van der Waals surface area contributed by atoms with Gasteiger partial charge in [-0.05, 0) is 84.3 Å². The van der Waals surface area contributed by atoms with E-state index in [1.807, 2.05) is 49.3 Å². The van der Waals surface area contributed by atoms with Gasteiger partial charge in [0.05, 0.1) is 16.3 Å². The summed E-state index contributed by atoms with van der Waals surface area (Å²) in [5.74, 6) is -1.03. The third kappa shape index (κ3) is 6.11. The van der Waals surface area contributed by atoms with Gasteiger partial charge in [-0.1, -0.05) is 0 Å². The average molecular weight is 507 g/mol. The number of rotatable bonds is 8. The molecule has 178 valence electrons. The maximum Gasteiger partial charge on any atom is 0.328 e. The summed E-state index contributed by atoms with van der Waals surface area (Å²) in [6, 6.07) is 20.7. The molecule has 0 saturated heterocycles. The molecule has 2 N–H and O–H groups in total. The minimum Gasteiger partial charge on any atom is -0.478 e. The molecular weight excluding hydrogens is 484 g/mol. The largest absolute Gasteiger partial charge is 0.478 e. The maximum atomic E-state index is 12.9. The Morgan fingerprint density at radius 1 is 0.943 bits per heavy atom. The van der Waals surface area contributed by atoms with Gasteiger partial charge in [0, 0.05) is 41.1 Å². The SMILES string of the molecule is CN(C)c1ccc(N=Nc2ccc(S(=O)(=O)Nc3ccc4sc(/C=C/C(=O)O)cc4c3)cc2)cc1. The number of sulfonamides is 1. The highest BCUT2D eigenvalue weighted by Crippen LogP contribution is 2.30. The molecule has 0 bridgehead atoms. The number of aliphatic carboxylic acids is 1. The second kappa shape index (κ2) is 10.1. The van der Waals surface area contributed by atoms with Gasteiger partial charge in [-0.2, -0.15) is 10.2 Å². The molecule has 0 spiro atoms. The molecule has 0 radical (unpaired) electrons. The number of anilines is 2. The van der Waals surface area contributed by atoms with Crippen LogP contribution in [0.25, 0.3) is 16.2 Å². The van der Waals surface area contributed by atoms with Crippen LogP contribution >= 0.6 is 11.3 Å². The van der Waals surface area contributed by atoms with E-state index in [-0.39, 0.29) is 4.90 Å². The van der Waals surface area contributed by atoms with Crippen molar-refractivity contribution in [3.05, 3.63) is 83.7 Å². The summed E-state index contributed by atoms with van der Waals surface area (Å²) in [6.07, 6.45) is 2.58. The van der Waals surface area contributed by atoms with Crippen molar-refractivity contribution in [3.8, 4) is 0 Å². The van der Waals surface area contributed by atoms with Gasteiger partial charge in [-0.25, -0.2) is 13.2 Å². The van der Waals surface area contributed by atoms with E-state index in [1.165, 1.54) is 29.5 Å². The molecule has 0 aliphatic heterocycles. The van der Waals surface area contributed by atoms with Crippen LogP contribution in [0, 0.1) is 0 Å². The van der Waals surface area contributed by atoms with Gasteiger partial charge in [0.15, 0.2) is 0 Å². The number of nitrogens with one attached hydrogen (secondary N) is 1. The number of hydrogen-bond donors (Lipinski definition) is 2. The van der Waals surface area contributed by atoms with E-state index in [9.17, 15) is 13.2 Å². The number of hydrogen-bond acceptors (Lipinski definition) is 7. The van der Waals surface area contributed by atoms with Crippen LogP contribution in [-0.4, -0.2) is 33.6 Å². The molecule has 0 atom stereocenters. The van der Waals surface area contributed by atoms with Gasteiger partial charge in [0.2, 0.25) is 0 Å². The first kappa shape index (κ1) is 24.1. The van der Waals surface area contributed by atoms with E-state index in [0.29, 0.717) is 17.1 Å². The van der Waals surface area contributed by atoms with Crippen LogP contribution in [0.1, 0.15) is 4.88 Å². The summed E-state index contributed by atoms with van der Waals surface area (Å²) < 4.78 is 29.2. The van der Waals surface area contributed by atoms with Gasteiger partial charge in [-0.15, -0.1) is 11.3 Å². The fourth-order valence-corrected chi connectivity index (χ4v) is 5.20. The third-order valence-electron chi connectivity index (χ3n) is 4.97. The highest BCUT2D eigenvalue weighted by atomic mass is 32.2. The lowest BCUT2D eigenvalue weighted by molar-refractivity contribution is -0.131. The van der Waals surface area contributed by atoms with Gasteiger partial charge in [-0.3, -0.25) is 4.72 Å². The zero-order valence-electron chi connectivity index (χ0n) is 18.9. The first-order valence-corrected chi connectivity index (χ1v) is 12.8. The van der Waals surface area contributed by atoms with Crippen LogP contribution in [0.4, 0.5) is 22.7 Å². The predicted molar refractivity (Wildman–Crippen MR) is 141 cm³/mol. The Labute approximate surface area is 206 Å². The van der Waals surface area contributed by atoms with E-state index in [0.717, 1.165) is 26.7 Å². The number of thiophene rings is 1. The summed E-state index contributed by atoms with van der Waals surface area (Å²) in [5.41, 5.74) is 2.69. The molecule has 0 unspecified atom stereocenters. The van der Waals surface area contributed by atoms with Crippen molar-refractivity contribution < 1.29 is 18.3 Å². The van der Waals surface area contributed by atoms with E-state index in [4.69, 9.17) is 5.11 Å². The molecule has 0 amide bonds. The maximum absolute atomic E-state index is 12.9. The lowest BCUT2D eigenvalue weighted by Gasteiger charge is -2.11. The Morgan fingerprint density at radius 2 is 1.57 bits per heavy atom. The number of nitrogens with zero attached hydrogens (tertiary/aromatic N) is 3. The number of carboxylic acid groups (broad SMARTS) is 1. The van der Waals surface area contributed by atoms with Crippen molar-refractivity contribution in [2.45, 2.75) is 4.90 Å². The van der Waals surface area contributed by atoms with Crippen molar-refractivity contribution in [1.82, 2.24) is 0 Å². The molecule has 4 rings (SSSR count). The molecule has 1 aromatic heterocycles. The van der Waals surface area contributed by atoms with Crippen LogP contribution < -0.4 is 9.62 Å². The topological polar surface area (TPSA) is 111 Å². The number of azo groups is 1. The molecule has 35 heavy (non-hydrogen) atoms. The van der Waals surface area contributed by atoms with Crippen LogP contribution in [0.2, 0.25) is 0 Å². The summed E-state index contributed by atoms with van der Waals surface area (Å²) in [6.45, 7) is 0. The molecule has 0 aliphatic rings. The summed E-state index contributed by atoms with van der Waals surface area (Å²) in [7, 11) is 0.108. The first-order valence-electron chi connectivity index (χ1n) is 10.5. The molecule has 10 heteroatoms. The number of carboxylic acids is 1. The number of carbonyl (C=O) groups is 1. The van der Waals surface area contributed by atoms with Crippen molar-refractivity contribution >= 4 is 66.2 Å². The lowest BCUT2D eigenvalue weighted by Crippen LogP contribution is -2.12. The van der Waals surface area contributed by atoms with Gasteiger partial charge in [0.25, 0.3) is 10.0 Å². The fraction of sp³-hybridized carbons (Fsp3) is 0.0800. The first-order chi connectivity index (χ1) is 16.7. The van der Waals surface area contributed by atoms with Gasteiger partial charge in [0.1, 0.15) is 0 Å². The van der Waals surface area contributed by atoms with Crippen molar-refractivity contribution in [3.63, 3.8) is 0 Å². The Morgan fingerprint density at radius 3 is 2.17 bits per heavy atom. The van der Waals surface area contributed by atoms with E-state index in [1.54, 1.807) is 30.3 Å². The Balaban J connectivity index is 1.46. The third-order valence-corrected chi connectivity index (χ3v) is 7.45. The monoisotopic (exact) mass is 506 g/mol. The molecule has 4 aromatic rings. The molecule has 0 aliphatic carbocycles. The standard InChI is InChI=1S/C25H22N4O4S2/c1-29(2)21-8-3-18(4-9-21)26-27-19-5-11-23(12-6-19)35(32,33)28-20-7-13-24-17(15-20)16-22(34-24)10-14-25(30)31/h3-16,28H,1-2H3,(H,30,31)/b14-10+,27-26?. The van der Waals surface area contributed by atoms with Gasteiger partial charge >= 0.3 is 5.97 Å². The van der Waals surface area contributed by atoms with E-state index < -0.39 is 16.0 Å². The Bertz CT molecular complexity index is 1520. The summed E-state index contributed by atoms with van der Waals surface area (Å²) >= 11 is 1.42. The second-order valence-corrected chi connectivity index (χ2v) is 10.6. The van der Waals surface area contributed by atoms with E-state index in [2.05, 4.69) is 15.0 Å². The zero-order chi connectivity index (χ0) is 25.0. The summed E-state index contributed by atoms with van der Waals surface area (Å²) in [5, 5.41) is 18.0. The second-order valence-electron chi connectivity index (χ2n) is 7.78. The predicted octanol–water partition coefficient (Wildman–Crippen LogP) is 6.28. The summed E-state index contributed by atoms with van der Waals surface area (Å²) in [4.78, 5) is 13.6. The zero-order valence-corrected chi connectivity index (χ0v) is 20.5. The Kier molecular flexibility index (Phi) is 6.94. The van der Waals surface area contributed by atoms with Gasteiger partial charge < -0.3 is 10.0 Å². The highest BCUT2D eigenvalue weighted by Gasteiger charge is 2.15. The lowest BCUT2D eigenvalue weighted by atomic mass is 10.2. The normalized spacial score (nSPS) is 11.9. The van der Waals surface area contributed by atoms with Crippen LogP contribution in [0.15, 0.2) is 94.0 Å². The van der Waals surface area contributed by atoms with Crippen molar-refractivity contribution in [2.75, 3.05) is 23.7 Å². The molecule has 0 saturated carbocycles. The average Bonchev–Trinajstić information content (AvgIpc) is 3.24. The molecule has 1 heterocycles. The minimum absolute atomic E-state index is 0.0993. The fourth-order valence-electron chi connectivity index (χ4n) is 3.20. The number of fused-ring (bicyclic) bond motifs is 1. The highest BCUT2D eigenvalue weighted by molar-refractivity contribution is 7.92. The molecule has 0 fully saturated rings. The van der Waals surface area contributed by atoms with Crippen LogP contribution in [-0.2, 0) is 14.8 Å². The molecule has 8 nitrogen and oxygen atoms in total.